The molecule has 2 aromatic rings. The standard InChI is InChI=1S/C19H26N8O3/c1-11-16(21)26-17(22)15(25-11)18(29)27-19(23)24-9-3-2-4-12-5-7-13(8-6-12)30-10-14(20)28/h5-8H,2-4,9-10H2,1H3,(H2,20,28)(H4,21,22,26)(H3,23,24,27,29). The molecule has 0 fully saturated rings. The smallest absolute Gasteiger partial charge is 0.280 e. The summed E-state index contributed by atoms with van der Waals surface area (Å²) in [5.74, 6) is -0.454. The molecule has 0 unspecified atom stereocenters. The summed E-state index contributed by atoms with van der Waals surface area (Å²) in [5.41, 5.74) is 23.5. The highest BCUT2D eigenvalue weighted by molar-refractivity contribution is 6.06. The van der Waals surface area contributed by atoms with Crippen molar-refractivity contribution in [3.8, 4) is 5.75 Å². The highest BCUT2D eigenvalue weighted by Crippen LogP contribution is 2.14. The van der Waals surface area contributed by atoms with Gasteiger partial charge >= 0.3 is 0 Å². The number of ether oxygens (including phenoxy) is 1. The van der Waals surface area contributed by atoms with E-state index in [1.165, 1.54) is 0 Å². The quantitative estimate of drug-likeness (QED) is 0.212. The number of aliphatic imine (C=N–C) groups is 1. The number of primary amides is 1. The van der Waals surface area contributed by atoms with E-state index in [1.807, 2.05) is 12.1 Å². The van der Waals surface area contributed by atoms with Crippen LogP contribution in [0.4, 0.5) is 11.6 Å². The molecule has 0 aliphatic rings. The number of carbonyl (C=O) groups excluding carboxylic acids is 2. The topological polar surface area (TPSA) is 198 Å². The zero-order chi connectivity index (χ0) is 22.1. The molecule has 0 atom stereocenters. The van der Waals surface area contributed by atoms with Crippen molar-refractivity contribution in [1.82, 2.24) is 15.3 Å². The third-order valence-corrected chi connectivity index (χ3v) is 4.05. The Hall–Kier alpha value is -3.89. The molecule has 2 rings (SSSR count). The number of guanidine groups is 1. The minimum atomic E-state index is -0.594. The minimum absolute atomic E-state index is 0.0216. The molecule has 1 aromatic heterocycles. The van der Waals surface area contributed by atoms with Crippen molar-refractivity contribution in [3.05, 3.63) is 41.2 Å². The van der Waals surface area contributed by atoms with Crippen LogP contribution in [0, 0.1) is 6.92 Å². The predicted octanol–water partition coefficient (Wildman–Crippen LogP) is -0.119. The van der Waals surface area contributed by atoms with Gasteiger partial charge < -0.3 is 27.7 Å². The Morgan fingerprint density at radius 3 is 2.43 bits per heavy atom. The molecule has 0 saturated carbocycles. The lowest BCUT2D eigenvalue weighted by Crippen LogP contribution is -2.38. The summed E-state index contributed by atoms with van der Waals surface area (Å²) in [7, 11) is 0. The Morgan fingerprint density at radius 1 is 1.07 bits per heavy atom. The summed E-state index contributed by atoms with van der Waals surface area (Å²) in [6.45, 7) is 1.93. The van der Waals surface area contributed by atoms with E-state index in [4.69, 9.17) is 27.7 Å². The van der Waals surface area contributed by atoms with Gasteiger partial charge in [0.25, 0.3) is 11.8 Å². The number of nitrogens with one attached hydrogen (secondary N) is 1. The van der Waals surface area contributed by atoms with E-state index in [0.717, 1.165) is 24.8 Å². The van der Waals surface area contributed by atoms with Gasteiger partial charge in [0.05, 0.1) is 5.69 Å². The number of hydrogen-bond acceptors (Lipinski definition) is 8. The number of anilines is 2. The molecule has 30 heavy (non-hydrogen) atoms. The van der Waals surface area contributed by atoms with Gasteiger partial charge in [0, 0.05) is 6.54 Å². The van der Waals surface area contributed by atoms with Crippen LogP contribution in [0.5, 0.6) is 5.75 Å². The SMILES string of the molecule is Cc1nc(C(=O)NC(N)=NCCCCc2ccc(OCC(N)=O)cc2)c(N)nc1N. The van der Waals surface area contributed by atoms with Crippen LogP contribution < -0.4 is 33.0 Å². The molecule has 9 N–H and O–H groups in total. The monoisotopic (exact) mass is 414 g/mol. The number of benzene rings is 1. The number of hydrogen-bond donors (Lipinski definition) is 5. The Morgan fingerprint density at radius 2 is 1.77 bits per heavy atom. The lowest BCUT2D eigenvalue weighted by molar-refractivity contribution is -0.119. The number of unbranched alkanes of at least 4 members (excludes halogenated alkanes) is 1. The summed E-state index contributed by atoms with van der Waals surface area (Å²) in [4.78, 5) is 34.9. The maximum atomic E-state index is 12.2. The second-order valence-electron chi connectivity index (χ2n) is 6.51. The highest BCUT2D eigenvalue weighted by Gasteiger charge is 2.15. The molecule has 0 radical (unpaired) electrons. The molecule has 11 nitrogen and oxygen atoms in total. The van der Waals surface area contributed by atoms with Crippen LogP contribution in [0.25, 0.3) is 0 Å². The average Bonchev–Trinajstić information content (AvgIpc) is 2.69. The second-order valence-corrected chi connectivity index (χ2v) is 6.51. The normalized spacial score (nSPS) is 11.2. The van der Waals surface area contributed by atoms with E-state index in [-0.39, 0.29) is 29.9 Å². The third kappa shape index (κ3) is 6.93. The molecule has 2 amide bonds. The van der Waals surface area contributed by atoms with Gasteiger partial charge in [-0.15, -0.1) is 0 Å². The minimum Gasteiger partial charge on any atom is -0.484 e. The number of carbonyl (C=O) groups is 2. The Balaban J connectivity index is 1.74. The fourth-order valence-corrected chi connectivity index (χ4v) is 2.48. The van der Waals surface area contributed by atoms with Gasteiger partial charge in [0.1, 0.15) is 11.6 Å². The molecule has 11 heteroatoms. The van der Waals surface area contributed by atoms with Gasteiger partial charge in [-0.2, -0.15) is 0 Å². The molecule has 0 bridgehead atoms. The third-order valence-electron chi connectivity index (χ3n) is 4.05. The van der Waals surface area contributed by atoms with Gasteiger partial charge in [-0.25, -0.2) is 9.97 Å². The van der Waals surface area contributed by atoms with Crippen molar-refractivity contribution in [2.75, 3.05) is 24.6 Å². The van der Waals surface area contributed by atoms with Crippen LogP contribution in [0.3, 0.4) is 0 Å². The summed E-state index contributed by atoms with van der Waals surface area (Å²) < 4.78 is 5.21. The number of nitrogens with zero attached hydrogens (tertiary/aromatic N) is 3. The fraction of sp³-hybridized carbons (Fsp3) is 0.316. The maximum absolute atomic E-state index is 12.2. The fourth-order valence-electron chi connectivity index (χ4n) is 2.48. The zero-order valence-electron chi connectivity index (χ0n) is 16.7. The van der Waals surface area contributed by atoms with Crippen molar-refractivity contribution in [1.29, 1.82) is 0 Å². The first-order valence-corrected chi connectivity index (χ1v) is 9.27. The van der Waals surface area contributed by atoms with E-state index in [0.29, 0.717) is 18.0 Å². The summed E-state index contributed by atoms with van der Waals surface area (Å²) in [5, 5.41) is 2.44. The Labute approximate surface area is 173 Å². The molecular formula is C19H26N8O3. The van der Waals surface area contributed by atoms with Crippen molar-refractivity contribution < 1.29 is 14.3 Å². The highest BCUT2D eigenvalue weighted by atomic mass is 16.5. The van der Waals surface area contributed by atoms with Gasteiger partial charge in [-0.05, 0) is 43.9 Å². The maximum Gasteiger partial charge on any atom is 0.280 e. The zero-order valence-corrected chi connectivity index (χ0v) is 16.7. The number of aromatic nitrogens is 2. The molecule has 1 aromatic carbocycles. The summed E-state index contributed by atoms with van der Waals surface area (Å²) >= 11 is 0. The first kappa shape index (κ1) is 22.4. The number of nitrogens with two attached hydrogens (primary N) is 4. The van der Waals surface area contributed by atoms with Crippen LogP contribution in [-0.2, 0) is 11.2 Å². The van der Waals surface area contributed by atoms with Crippen LogP contribution in [-0.4, -0.2) is 40.9 Å². The lowest BCUT2D eigenvalue weighted by atomic mass is 10.1. The first-order valence-electron chi connectivity index (χ1n) is 9.27. The molecule has 160 valence electrons. The van der Waals surface area contributed by atoms with E-state index in [2.05, 4.69) is 20.3 Å². The van der Waals surface area contributed by atoms with Gasteiger partial charge in [-0.1, -0.05) is 12.1 Å². The predicted molar refractivity (Wildman–Crippen MR) is 114 cm³/mol. The number of nitrogen functional groups attached to an aromatic ring is 2. The lowest BCUT2D eigenvalue weighted by Gasteiger charge is -2.08. The van der Waals surface area contributed by atoms with E-state index in [9.17, 15) is 9.59 Å². The molecule has 0 aliphatic heterocycles. The molecule has 1 heterocycles. The Bertz CT molecular complexity index is 928. The van der Waals surface area contributed by atoms with Crippen molar-refractivity contribution in [2.45, 2.75) is 26.2 Å². The van der Waals surface area contributed by atoms with E-state index >= 15 is 0 Å². The van der Waals surface area contributed by atoms with Gasteiger partial charge in [0.15, 0.2) is 24.1 Å². The first-order chi connectivity index (χ1) is 14.3. The van der Waals surface area contributed by atoms with Gasteiger partial charge in [-0.3, -0.25) is 19.9 Å². The van der Waals surface area contributed by atoms with Crippen LogP contribution in [0.2, 0.25) is 0 Å². The second kappa shape index (κ2) is 10.6. The number of amides is 2. The summed E-state index contributed by atoms with van der Waals surface area (Å²) in [6.07, 6.45) is 2.50. The van der Waals surface area contributed by atoms with E-state index < -0.39 is 11.8 Å². The Kier molecular flexibility index (Phi) is 7.91. The van der Waals surface area contributed by atoms with Crippen molar-refractivity contribution >= 4 is 29.4 Å². The van der Waals surface area contributed by atoms with Gasteiger partial charge in [0.2, 0.25) is 0 Å². The van der Waals surface area contributed by atoms with Crippen LogP contribution in [0.15, 0.2) is 29.3 Å². The summed E-state index contributed by atoms with van der Waals surface area (Å²) in [6, 6.07) is 7.43. The average molecular weight is 414 g/mol. The molecule has 0 saturated heterocycles. The molecule has 0 spiro atoms. The number of aryl methyl sites for hydroxylation is 2. The molecular weight excluding hydrogens is 388 g/mol. The van der Waals surface area contributed by atoms with Crippen molar-refractivity contribution in [3.63, 3.8) is 0 Å². The molecule has 0 aliphatic carbocycles. The number of rotatable bonds is 9. The van der Waals surface area contributed by atoms with Crippen LogP contribution >= 0.6 is 0 Å². The van der Waals surface area contributed by atoms with E-state index in [1.54, 1.807) is 19.1 Å². The van der Waals surface area contributed by atoms with Crippen molar-refractivity contribution in [2.24, 2.45) is 16.5 Å². The largest absolute Gasteiger partial charge is 0.484 e. The van der Waals surface area contributed by atoms with Crippen LogP contribution in [0.1, 0.15) is 34.6 Å².